The van der Waals surface area contributed by atoms with Crippen molar-refractivity contribution in [1.82, 2.24) is 0 Å². The molecule has 0 heterocycles. The molecule has 3 N–H and O–H groups in total. The molecule has 3 saturated carbocycles. The van der Waals surface area contributed by atoms with Crippen molar-refractivity contribution in [2.75, 3.05) is 16.0 Å². The van der Waals surface area contributed by atoms with Crippen molar-refractivity contribution in [1.29, 1.82) is 0 Å². The monoisotopic (exact) mass is 579 g/mol. The maximum Gasteiger partial charge on any atom is 0.227 e. The highest BCUT2D eigenvalue weighted by Crippen LogP contribution is 2.41. The van der Waals surface area contributed by atoms with Gasteiger partial charge in [-0.1, -0.05) is 67.2 Å². The molecule has 4 rings (SSSR count). The molecule has 0 spiro atoms. The van der Waals surface area contributed by atoms with Crippen LogP contribution < -0.4 is 16.0 Å². The van der Waals surface area contributed by atoms with E-state index in [-0.39, 0.29) is 46.3 Å². The maximum absolute atomic E-state index is 13.3. The minimum atomic E-state index is -0.0103. The quantitative estimate of drug-likeness (QED) is 0.294. The molecule has 3 fully saturated rings. The number of anilines is 3. The van der Waals surface area contributed by atoms with Crippen molar-refractivity contribution >= 4 is 34.8 Å². The highest BCUT2D eigenvalue weighted by atomic mass is 16.2. The van der Waals surface area contributed by atoms with E-state index >= 15 is 0 Å². The standard InChI is InChI=1S/C36H57N3O3/c1-35(2,3)27-17-13-25(14-18-27)33(41)38-30-21-29(37-32(40)24-11-9-7-8-10-12-24)22-31(23-30)39-34(42)26-15-19-28(20-16-26)36(4,5)6/h21-28H,7-20H2,1-6H3,(H,37,40)(H,38,41)(H,39,42). The summed E-state index contributed by atoms with van der Waals surface area (Å²) in [5.74, 6) is 1.39. The van der Waals surface area contributed by atoms with Crippen molar-refractivity contribution in [2.45, 2.75) is 131 Å². The van der Waals surface area contributed by atoms with Gasteiger partial charge in [-0.2, -0.15) is 0 Å². The zero-order valence-electron chi connectivity index (χ0n) is 27.2. The molecule has 0 atom stereocenters. The van der Waals surface area contributed by atoms with Gasteiger partial charge in [0.1, 0.15) is 0 Å². The molecule has 0 unspecified atom stereocenters. The molecule has 6 nitrogen and oxygen atoms in total. The molecule has 0 aromatic heterocycles. The van der Waals surface area contributed by atoms with Crippen molar-refractivity contribution < 1.29 is 14.4 Å². The summed E-state index contributed by atoms with van der Waals surface area (Å²) in [6, 6.07) is 5.54. The van der Waals surface area contributed by atoms with E-state index in [4.69, 9.17) is 0 Å². The van der Waals surface area contributed by atoms with E-state index in [0.29, 0.717) is 28.9 Å². The minimum Gasteiger partial charge on any atom is -0.326 e. The number of carbonyl (C=O) groups excluding carboxylic acids is 3. The number of nitrogens with one attached hydrogen (secondary N) is 3. The number of hydrogen-bond donors (Lipinski definition) is 3. The fourth-order valence-electron chi connectivity index (χ4n) is 7.56. The number of amides is 3. The van der Waals surface area contributed by atoms with Gasteiger partial charge in [-0.3, -0.25) is 14.4 Å². The van der Waals surface area contributed by atoms with Crippen LogP contribution in [-0.4, -0.2) is 17.7 Å². The first-order chi connectivity index (χ1) is 19.8. The lowest BCUT2D eigenvalue weighted by molar-refractivity contribution is -0.122. The predicted octanol–water partition coefficient (Wildman–Crippen LogP) is 9.18. The molecule has 42 heavy (non-hydrogen) atoms. The SMILES string of the molecule is CC(C)(C)C1CCC(C(=O)Nc2cc(NC(=O)C3CCCCCC3)cc(NC(=O)C3CCC(C(C)(C)C)CC3)c2)CC1. The summed E-state index contributed by atoms with van der Waals surface area (Å²) >= 11 is 0. The van der Waals surface area contributed by atoms with E-state index in [2.05, 4.69) is 57.5 Å². The Balaban J connectivity index is 1.45. The van der Waals surface area contributed by atoms with Gasteiger partial charge in [-0.25, -0.2) is 0 Å². The van der Waals surface area contributed by atoms with Crippen molar-refractivity contribution in [3.63, 3.8) is 0 Å². The molecule has 0 saturated heterocycles. The Morgan fingerprint density at radius 3 is 1.05 bits per heavy atom. The molecule has 0 bridgehead atoms. The summed E-state index contributed by atoms with van der Waals surface area (Å²) in [5.41, 5.74) is 2.42. The molecule has 1 aromatic carbocycles. The highest BCUT2D eigenvalue weighted by molar-refractivity contribution is 5.99. The van der Waals surface area contributed by atoms with Gasteiger partial charge in [0.2, 0.25) is 17.7 Å². The molecule has 3 amide bonds. The van der Waals surface area contributed by atoms with Gasteiger partial charge in [0, 0.05) is 34.8 Å². The van der Waals surface area contributed by atoms with E-state index in [1.807, 2.05) is 18.2 Å². The van der Waals surface area contributed by atoms with E-state index in [1.54, 1.807) is 0 Å². The molecule has 3 aliphatic rings. The van der Waals surface area contributed by atoms with Gasteiger partial charge >= 0.3 is 0 Å². The summed E-state index contributed by atoms with van der Waals surface area (Å²) in [7, 11) is 0. The average Bonchev–Trinajstić information content (AvgIpc) is 3.22. The van der Waals surface area contributed by atoms with Gasteiger partial charge in [-0.15, -0.1) is 0 Å². The summed E-state index contributed by atoms with van der Waals surface area (Å²) in [6.45, 7) is 13.7. The van der Waals surface area contributed by atoms with Crippen LogP contribution in [0.4, 0.5) is 17.1 Å². The third-order valence-electron chi connectivity index (χ3n) is 10.6. The number of carbonyl (C=O) groups is 3. The van der Waals surface area contributed by atoms with Crippen LogP contribution in [0.3, 0.4) is 0 Å². The first kappa shape index (κ1) is 32.5. The van der Waals surface area contributed by atoms with Crippen LogP contribution in [0.5, 0.6) is 0 Å². The fourth-order valence-corrected chi connectivity index (χ4v) is 7.56. The van der Waals surface area contributed by atoms with E-state index in [1.165, 1.54) is 12.8 Å². The molecule has 1 aromatic rings. The number of benzene rings is 1. The first-order valence-electron chi connectivity index (χ1n) is 16.9. The van der Waals surface area contributed by atoms with Gasteiger partial charge in [0.15, 0.2) is 0 Å². The van der Waals surface area contributed by atoms with Crippen LogP contribution in [0.25, 0.3) is 0 Å². The first-order valence-corrected chi connectivity index (χ1v) is 16.9. The molecule has 0 aliphatic heterocycles. The van der Waals surface area contributed by atoms with E-state index < -0.39 is 0 Å². The van der Waals surface area contributed by atoms with Crippen molar-refractivity contribution in [2.24, 2.45) is 40.4 Å². The highest BCUT2D eigenvalue weighted by Gasteiger charge is 2.34. The molecule has 0 radical (unpaired) electrons. The second kappa shape index (κ2) is 13.9. The fraction of sp³-hybridized carbons (Fsp3) is 0.750. The van der Waals surface area contributed by atoms with Gasteiger partial charge < -0.3 is 16.0 Å². The maximum atomic E-state index is 13.3. The lowest BCUT2D eigenvalue weighted by Crippen LogP contribution is -2.32. The second-order valence-electron chi connectivity index (χ2n) is 15.8. The lowest BCUT2D eigenvalue weighted by atomic mass is 9.69. The van der Waals surface area contributed by atoms with Crippen LogP contribution in [0.2, 0.25) is 0 Å². The van der Waals surface area contributed by atoms with Crippen LogP contribution in [0, 0.1) is 40.4 Å². The van der Waals surface area contributed by atoms with Crippen LogP contribution in [0.15, 0.2) is 18.2 Å². The minimum absolute atomic E-state index is 0.0103. The van der Waals surface area contributed by atoms with Crippen LogP contribution >= 0.6 is 0 Å². The van der Waals surface area contributed by atoms with Gasteiger partial charge in [0.05, 0.1) is 0 Å². The molecule has 3 aliphatic carbocycles. The van der Waals surface area contributed by atoms with Crippen molar-refractivity contribution in [3.8, 4) is 0 Å². The van der Waals surface area contributed by atoms with Crippen molar-refractivity contribution in [3.05, 3.63) is 18.2 Å². The Morgan fingerprint density at radius 2 is 0.762 bits per heavy atom. The number of hydrogen-bond acceptors (Lipinski definition) is 3. The third kappa shape index (κ3) is 9.07. The molecule has 6 heteroatoms. The summed E-state index contributed by atoms with van der Waals surface area (Å²) in [6.07, 6.45) is 14.2. The van der Waals surface area contributed by atoms with Crippen LogP contribution in [-0.2, 0) is 14.4 Å². The Labute approximate surface area is 254 Å². The Morgan fingerprint density at radius 1 is 0.476 bits per heavy atom. The summed E-state index contributed by atoms with van der Waals surface area (Å²) in [5, 5.41) is 9.41. The molecule has 234 valence electrons. The Hall–Kier alpha value is -2.37. The largest absolute Gasteiger partial charge is 0.326 e. The molecular weight excluding hydrogens is 522 g/mol. The summed E-state index contributed by atoms with van der Waals surface area (Å²) in [4.78, 5) is 39.9. The smallest absolute Gasteiger partial charge is 0.227 e. The zero-order valence-corrected chi connectivity index (χ0v) is 27.2. The second-order valence-corrected chi connectivity index (χ2v) is 15.8. The third-order valence-corrected chi connectivity index (χ3v) is 10.6. The van der Waals surface area contributed by atoms with Gasteiger partial charge in [0.25, 0.3) is 0 Å². The van der Waals surface area contributed by atoms with Crippen LogP contribution in [0.1, 0.15) is 131 Å². The Bertz CT molecular complexity index is 1010. The summed E-state index contributed by atoms with van der Waals surface area (Å²) < 4.78 is 0. The van der Waals surface area contributed by atoms with Gasteiger partial charge in [-0.05, 0) is 105 Å². The Kier molecular flexibility index (Phi) is 10.8. The topological polar surface area (TPSA) is 87.3 Å². The number of rotatable bonds is 6. The van der Waals surface area contributed by atoms with E-state index in [9.17, 15) is 14.4 Å². The lowest BCUT2D eigenvalue weighted by Gasteiger charge is -2.36. The zero-order chi connectivity index (χ0) is 30.5. The predicted molar refractivity (Wildman–Crippen MR) is 173 cm³/mol. The average molecular weight is 580 g/mol. The molecular formula is C36H57N3O3. The van der Waals surface area contributed by atoms with E-state index in [0.717, 1.165) is 77.0 Å². The normalized spacial score (nSPS) is 26.1.